The van der Waals surface area contributed by atoms with Crippen LogP contribution in [0.15, 0.2) is 42.5 Å². The summed E-state index contributed by atoms with van der Waals surface area (Å²) in [5.41, 5.74) is 3.31. The summed E-state index contributed by atoms with van der Waals surface area (Å²) in [6, 6.07) is 8.73. The van der Waals surface area contributed by atoms with Crippen LogP contribution in [0.2, 0.25) is 0 Å². The standard InChI is InChI=1S/C13H12/c1-2-7-12-11(5-1)6-3-4-8-13(12)9-10-13/h1-8H,9-10H2. The third kappa shape index (κ3) is 0.983. The van der Waals surface area contributed by atoms with Gasteiger partial charge in [0.15, 0.2) is 0 Å². The zero-order chi connectivity index (χ0) is 8.73. The van der Waals surface area contributed by atoms with E-state index in [0.29, 0.717) is 5.41 Å². The molecule has 2 aliphatic carbocycles. The molecule has 0 bridgehead atoms. The van der Waals surface area contributed by atoms with Crippen LogP contribution in [0, 0.1) is 0 Å². The molecule has 0 N–H and O–H groups in total. The molecule has 1 spiro atoms. The lowest BCUT2D eigenvalue weighted by atomic mass is 9.92. The van der Waals surface area contributed by atoms with Gasteiger partial charge in [-0.25, -0.2) is 0 Å². The fourth-order valence-electron chi connectivity index (χ4n) is 2.16. The number of hydrogen-bond acceptors (Lipinski definition) is 0. The van der Waals surface area contributed by atoms with E-state index in [9.17, 15) is 0 Å². The number of fused-ring (bicyclic) bond motifs is 2. The Morgan fingerprint density at radius 1 is 1.00 bits per heavy atom. The highest BCUT2D eigenvalue weighted by atomic mass is 14.5. The molecular formula is C13H12. The van der Waals surface area contributed by atoms with E-state index < -0.39 is 0 Å². The summed E-state index contributed by atoms with van der Waals surface area (Å²) >= 11 is 0. The topological polar surface area (TPSA) is 0 Å². The van der Waals surface area contributed by atoms with Gasteiger partial charge in [-0.2, -0.15) is 0 Å². The monoisotopic (exact) mass is 168 g/mol. The second kappa shape index (κ2) is 2.35. The average Bonchev–Trinajstić information content (AvgIpc) is 2.96. The molecule has 0 saturated heterocycles. The summed E-state index contributed by atoms with van der Waals surface area (Å²) in [7, 11) is 0. The van der Waals surface area contributed by atoms with Gasteiger partial charge in [0.25, 0.3) is 0 Å². The Bertz CT molecular complexity index is 392. The van der Waals surface area contributed by atoms with Crippen molar-refractivity contribution in [1.82, 2.24) is 0 Å². The lowest BCUT2D eigenvalue weighted by molar-refractivity contribution is 0.890. The largest absolute Gasteiger partial charge is 0.0739 e. The molecule has 0 heteroatoms. The smallest absolute Gasteiger partial charge is 0.0142 e. The Morgan fingerprint density at radius 2 is 1.85 bits per heavy atom. The van der Waals surface area contributed by atoms with Crippen LogP contribution in [0.4, 0.5) is 0 Å². The van der Waals surface area contributed by atoms with Gasteiger partial charge < -0.3 is 0 Å². The fraction of sp³-hybridized carbons (Fsp3) is 0.231. The van der Waals surface area contributed by atoms with Crippen LogP contribution in [0.25, 0.3) is 6.08 Å². The van der Waals surface area contributed by atoms with Crippen LogP contribution in [0.1, 0.15) is 24.0 Å². The Labute approximate surface area is 78.6 Å². The van der Waals surface area contributed by atoms with Gasteiger partial charge in [0.2, 0.25) is 0 Å². The molecule has 0 aliphatic heterocycles. The van der Waals surface area contributed by atoms with Gasteiger partial charge in [-0.1, -0.05) is 48.6 Å². The maximum atomic E-state index is 2.36. The normalized spacial score (nSPS) is 21.2. The van der Waals surface area contributed by atoms with Crippen molar-refractivity contribution in [1.29, 1.82) is 0 Å². The Morgan fingerprint density at radius 3 is 2.69 bits per heavy atom. The minimum atomic E-state index is 0.403. The first-order chi connectivity index (χ1) is 6.41. The van der Waals surface area contributed by atoms with Gasteiger partial charge in [0.05, 0.1) is 0 Å². The summed E-state index contributed by atoms with van der Waals surface area (Å²) in [4.78, 5) is 0. The van der Waals surface area contributed by atoms with E-state index >= 15 is 0 Å². The number of rotatable bonds is 0. The van der Waals surface area contributed by atoms with Gasteiger partial charge in [0, 0.05) is 5.41 Å². The summed E-state index contributed by atoms with van der Waals surface area (Å²) in [6.07, 6.45) is 11.5. The van der Waals surface area contributed by atoms with Crippen LogP contribution >= 0.6 is 0 Å². The van der Waals surface area contributed by atoms with Crippen molar-refractivity contribution in [3.63, 3.8) is 0 Å². The molecule has 0 unspecified atom stereocenters. The minimum Gasteiger partial charge on any atom is -0.0739 e. The van der Waals surface area contributed by atoms with E-state index in [1.165, 1.54) is 24.0 Å². The van der Waals surface area contributed by atoms with E-state index in [1.807, 2.05) is 0 Å². The Kier molecular flexibility index (Phi) is 1.29. The first-order valence-electron chi connectivity index (χ1n) is 4.86. The second-order valence-electron chi connectivity index (χ2n) is 3.96. The van der Waals surface area contributed by atoms with Crippen molar-refractivity contribution in [3.05, 3.63) is 53.6 Å². The predicted octanol–water partition coefficient (Wildman–Crippen LogP) is 3.30. The zero-order valence-corrected chi connectivity index (χ0v) is 7.53. The third-order valence-electron chi connectivity index (χ3n) is 3.09. The number of allylic oxidation sites excluding steroid dienone is 3. The van der Waals surface area contributed by atoms with E-state index in [-0.39, 0.29) is 0 Å². The molecule has 0 amide bonds. The predicted molar refractivity (Wildman–Crippen MR) is 55.5 cm³/mol. The lowest BCUT2D eigenvalue weighted by Gasteiger charge is -2.12. The maximum absolute atomic E-state index is 2.36. The van der Waals surface area contributed by atoms with Gasteiger partial charge in [-0.3, -0.25) is 0 Å². The summed E-state index contributed by atoms with van der Waals surface area (Å²) in [6.45, 7) is 0. The highest BCUT2D eigenvalue weighted by Gasteiger charge is 2.42. The second-order valence-corrected chi connectivity index (χ2v) is 3.96. The van der Waals surface area contributed by atoms with Crippen molar-refractivity contribution in [2.45, 2.75) is 18.3 Å². The van der Waals surface area contributed by atoms with E-state index in [1.54, 1.807) is 0 Å². The molecule has 13 heavy (non-hydrogen) atoms. The van der Waals surface area contributed by atoms with E-state index in [2.05, 4.69) is 48.6 Å². The third-order valence-corrected chi connectivity index (χ3v) is 3.09. The first-order valence-corrected chi connectivity index (χ1v) is 4.86. The number of benzene rings is 1. The summed E-state index contributed by atoms with van der Waals surface area (Å²) in [5, 5.41) is 0. The summed E-state index contributed by atoms with van der Waals surface area (Å²) < 4.78 is 0. The van der Waals surface area contributed by atoms with Gasteiger partial charge >= 0.3 is 0 Å². The van der Waals surface area contributed by atoms with Crippen LogP contribution in [0.3, 0.4) is 0 Å². The quantitative estimate of drug-likeness (QED) is 0.557. The minimum absolute atomic E-state index is 0.403. The van der Waals surface area contributed by atoms with Gasteiger partial charge in [-0.15, -0.1) is 0 Å². The molecular weight excluding hydrogens is 156 g/mol. The average molecular weight is 168 g/mol. The highest BCUT2D eigenvalue weighted by molar-refractivity contribution is 5.62. The van der Waals surface area contributed by atoms with E-state index in [4.69, 9.17) is 0 Å². The van der Waals surface area contributed by atoms with Crippen LogP contribution in [0.5, 0.6) is 0 Å². The van der Waals surface area contributed by atoms with Crippen LogP contribution in [-0.2, 0) is 5.41 Å². The molecule has 2 aliphatic rings. The SMILES string of the molecule is C1=Cc2ccccc2C2(C=C1)CC2. The molecule has 64 valence electrons. The Hall–Kier alpha value is -1.30. The van der Waals surface area contributed by atoms with Crippen molar-refractivity contribution >= 4 is 6.08 Å². The highest BCUT2D eigenvalue weighted by Crippen LogP contribution is 2.51. The fourth-order valence-corrected chi connectivity index (χ4v) is 2.16. The van der Waals surface area contributed by atoms with Crippen molar-refractivity contribution in [2.24, 2.45) is 0 Å². The first kappa shape index (κ1) is 7.14. The van der Waals surface area contributed by atoms with Crippen LogP contribution in [-0.4, -0.2) is 0 Å². The molecule has 0 radical (unpaired) electrons. The molecule has 1 fully saturated rings. The number of hydrogen-bond donors (Lipinski definition) is 0. The van der Waals surface area contributed by atoms with Crippen molar-refractivity contribution < 1.29 is 0 Å². The summed E-state index contributed by atoms with van der Waals surface area (Å²) in [5.74, 6) is 0. The maximum Gasteiger partial charge on any atom is 0.0142 e. The molecule has 1 aromatic rings. The van der Waals surface area contributed by atoms with Crippen LogP contribution < -0.4 is 0 Å². The van der Waals surface area contributed by atoms with Crippen molar-refractivity contribution in [2.75, 3.05) is 0 Å². The van der Waals surface area contributed by atoms with Gasteiger partial charge in [-0.05, 0) is 24.0 Å². The molecule has 0 aromatic heterocycles. The molecule has 0 nitrogen and oxygen atoms in total. The molecule has 0 atom stereocenters. The Balaban J connectivity index is 2.25. The van der Waals surface area contributed by atoms with Gasteiger partial charge in [0.1, 0.15) is 0 Å². The molecule has 0 heterocycles. The molecule has 3 rings (SSSR count). The zero-order valence-electron chi connectivity index (χ0n) is 7.53. The molecule has 1 saturated carbocycles. The molecule has 1 aromatic carbocycles. The lowest BCUT2D eigenvalue weighted by Crippen LogP contribution is -2.02. The van der Waals surface area contributed by atoms with E-state index in [0.717, 1.165) is 0 Å². The van der Waals surface area contributed by atoms with Crippen molar-refractivity contribution in [3.8, 4) is 0 Å².